The van der Waals surface area contributed by atoms with Crippen molar-refractivity contribution < 1.29 is 33.0 Å². The summed E-state index contributed by atoms with van der Waals surface area (Å²) in [7, 11) is 1.50. The van der Waals surface area contributed by atoms with E-state index in [0.717, 1.165) is 18.4 Å². The van der Waals surface area contributed by atoms with Crippen molar-refractivity contribution in [3.8, 4) is 17.2 Å². The zero-order valence-corrected chi connectivity index (χ0v) is 24.9. The van der Waals surface area contributed by atoms with E-state index in [1.165, 1.54) is 23.2 Å². The van der Waals surface area contributed by atoms with Crippen molar-refractivity contribution in [2.45, 2.75) is 32.0 Å². The lowest BCUT2D eigenvalue weighted by atomic mass is 10.1. The van der Waals surface area contributed by atoms with E-state index in [2.05, 4.69) is 0 Å². The molecule has 2 aliphatic rings. The van der Waals surface area contributed by atoms with E-state index in [0.29, 0.717) is 45.4 Å². The average Bonchev–Trinajstić information content (AvgIpc) is 3.73. The van der Waals surface area contributed by atoms with Gasteiger partial charge in [-0.05, 0) is 60.9 Å². The third-order valence-electron chi connectivity index (χ3n) is 7.73. The van der Waals surface area contributed by atoms with Crippen LogP contribution in [-0.2, 0) is 22.6 Å². The van der Waals surface area contributed by atoms with Crippen molar-refractivity contribution in [1.82, 2.24) is 9.80 Å². The second-order valence-corrected chi connectivity index (χ2v) is 11.1. The third kappa shape index (κ3) is 6.36. The summed E-state index contributed by atoms with van der Waals surface area (Å²) in [5.74, 6) is 0.876. The molecule has 1 atom stereocenters. The number of para-hydroxylation sites is 1. The van der Waals surface area contributed by atoms with Gasteiger partial charge in [0.05, 0.1) is 42.5 Å². The number of amides is 2. The molecule has 0 bridgehead atoms. The van der Waals surface area contributed by atoms with Crippen LogP contribution in [-0.4, -0.2) is 61.3 Å². The van der Waals surface area contributed by atoms with Crippen LogP contribution in [0.3, 0.4) is 0 Å². The van der Waals surface area contributed by atoms with Crippen LogP contribution in [0.4, 0.5) is 0 Å². The number of rotatable bonds is 10. The highest BCUT2D eigenvalue weighted by atomic mass is 35.5. The Balaban J connectivity index is 1.32. The molecule has 11 heteroatoms. The van der Waals surface area contributed by atoms with E-state index >= 15 is 0 Å². The maximum Gasteiger partial charge on any atom is 0.258 e. The first kappa shape index (κ1) is 29.5. The van der Waals surface area contributed by atoms with Crippen LogP contribution in [0.2, 0.25) is 5.02 Å². The number of benzene rings is 3. The molecule has 44 heavy (non-hydrogen) atoms. The van der Waals surface area contributed by atoms with Crippen molar-refractivity contribution in [3.05, 3.63) is 98.9 Å². The number of hydrogen-bond donors (Lipinski definition) is 0. The number of fused-ring (bicyclic) bond motifs is 2. The summed E-state index contributed by atoms with van der Waals surface area (Å²) in [6.07, 6.45) is 2.84. The molecule has 2 amide bonds. The second-order valence-electron chi connectivity index (χ2n) is 10.7. The monoisotopic (exact) mass is 618 g/mol. The van der Waals surface area contributed by atoms with Crippen molar-refractivity contribution in [2.24, 2.45) is 0 Å². The lowest BCUT2D eigenvalue weighted by molar-refractivity contribution is -0.133. The van der Waals surface area contributed by atoms with E-state index in [9.17, 15) is 14.4 Å². The Morgan fingerprint density at radius 3 is 2.66 bits per heavy atom. The largest absolute Gasteiger partial charge is 0.496 e. The standard InChI is InChI=1S/C33H31ClN2O8/c1-40-27-7-3-2-6-25(27)33(39)36(17-24-5-4-12-41-24)18-31(37)35(15-21-8-10-29-30(13-21)44-20-43-29)16-22-19-42-28-11-9-23(34)14-26(28)32(22)38/h2-3,6-11,13-14,19,24H,4-5,12,15-18,20H2,1H3. The summed E-state index contributed by atoms with van der Waals surface area (Å²) in [5, 5.41) is 0.715. The Morgan fingerprint density at radius 1 is 1.00 bits per heavy atom. The van der Waals surface area contributed by atoms with Crippen LogP contribution in [0.5, 0.6) is 17.2 Å². The zero-order chi connectivity index (χ0) is 30.6. The average molecular weight is 619 g/mol. The Morgan fingerprint density at radius 2 is 1.84 bits per heavy atom. The van der Waals surface area contributed by atoms with Crippen molar-refractivity contribution in [3.63, 3.8) is 0 Å². The smallest absolute Gasteiger partial charge is 0.258 e. The SMILES string of the molecule is COc1ccccc1C(=O)N(CC(=O)N(Cc1ccc2c(c1)OCO2)Cc1coc2ccc(Cl)cc2c1=O)CC1CCCO1. The highest BCUT2D eigenvalue weighted by Crippen LogP contribution is 2.33. The predicted octanol–water partition coefficient (Wildman–Crippen LogP) is 5.03. The number of carbonyl (C=O) groups is 2. The zero-order valence-electron chi connectivity index (χ0n) is 24.1. The van der Waals surface area contributed by atoms with Crippen LogP contribution >= 0.6 is 11.6 Å². The molecule has 3 heterocycles. The topological polar surface area (TPSA) is 108 Å². The normalized spacial score (nSPS) is 15.4. The number of carbonyl (C=O) groups excluding carboxylic acids is 2. The number of ether oxygens (including phenoxy) is 4. The molecule has 228 valence electrons. The first-order valence-electron chi connectivity index (χ1n) is 14.3. The van der Waals surface area contributed by atoms with Gasteiger partial charge in [0.1, 0.15) is 17.9 Å². The van der Waals surface area contributed by atoms with Gasteiger partial charge in [-0.3, -0.25) is 14.4 Å². The van der Waals surface area contributed by atoms with Crippen LogP contribution in [0.1, 0.15) is 34.3 Å². The van der Waals surface area contributed by atoms with Gasteiger partial charge in [0.25, 0.3) is 5.91 Å². The maximum atomic E-state index is 14.1. The molecule has 0 spiro atoms. The van der Waals surface area contributed by atoms with E-state index in [1.807, 2.05) is 6.07 Å². The summed E-state index contributed by atoms with van der Waals surface area (Å²) in [6, 6.07) is 17.1. The summed E-state index contributed by atoms with van der Waals surface area (Å²) in [4.78, 5) is 44.5. The molecule has 0 saturated carbocycles. The van der Waals surface area contributed by atoms with E-state index < -0.39 is 0 Å². The molecule has 2 aliphatic heterocycles. The highest BCUT2D eigenvalue weighted by Gasteiger charge is 2.29. The summed E-state index contributed by atoms with van der Waals surface area (Å²) in [6.45, 7) is 0.787. The first-order chi connectivity index (χ1) is 21.4. The van der Waals surface area contributed by atoms with Gasteiger partial charge >= 0.3 is 0 Å². The number of halogens is 1. The summed E-state index contributed by atoms with van der Waals surface area (Å²) < 4.78 is 28.0. The van der Waals surface area contributed by atoms with E-state index in [-0.39, 0.29) is 61.9 Å². The van der Waals surface area contributed by atoms with Crippen LogP contribution in [0.15, 0.2) is 76.1 Å². The fourth-order valence-corrected chi connectivity index (χ4v) is 5.63. The van der Waals surface area contributed by atoms with Gasteiger partial charge < -0.3 is 33.2 Å². The fraction of sp³-hybridized carbons (Fsp3) is 0.303. The molecule has 1 fully saturated rings. The van der Waals surface area contributed by atoms with Gasteiger partial charge in [-0.25, -0.2) is 0 Å². The Kier molecular flexibility index (Phi) is 8.72. The number of hydrogen-bond acceptors (Lipinski definition) is 8. The molecule has 6 rings (SSSR count). The van der Waals surface area contributed by atoms with Gasteiger partial charge in [0, 0.05) is 24.7 Å². The minimum Gasteiger partial charge on any atom is -0.496 e. The lowest BCUT2D eigenvalue weighted by Crippen LogP contribution is -2.45. The highest BCUT2D eigenvalue weighted by molar-refractivity contribution is 6.31. The number of methoxy groups -OCH3 is 1. The maximum absolute atomic E-state index is 14.1. The van der Waals surface area contributed by atoms with Crippen LogP contribution in [0.25, 0.3) is 11.0 Å². The summed E-state index contributed by atoms with van der Waals surface area (Å²) in [5.41, 5.74) is 1.48. The molecule has 0 radical (unpaired) electrons. The molecule has 3 aromatic carbocycles. The van der Waals surface area contributed by atoms with E-state index in [1.54, 1.807) is 54.6 Å². The third-order valence-corrected chi connectivity index (χ3v) is 7.96. The van der Waals surface area contributed by atoms with Gasteiger partial charge in [-0.1, -0.05) is 29.8 Å². The molecule has 4 aromatic rings. The second kappa shape index (κ2) is 13.0. The van der Waals surface area contributed by atoms with E-state index in [4.69, 9.17) is 35.0 Å². The van der Waals surface area contributed by atoms with Crippen molar-refractivity contribution >= 4 is 34.4 Å². The fourth-order valence-electron chi connectivity index (χ4n) is 5.46. The predicted molar refractivity (Wildman–Crippen MR) is 162 cm³/mol. The molecule has 0 aliphatic carbocycles. The summed E-state index contributed by atoms with van der Waals surface area (Å²) >= 11 is 6.16. The van der Waals surface area contributed by atoms with Crippen molar-refractivity contribution in [1.29, 1.82) is 0 Å². The Bertz CT molecular complexity index is 1750. The van der Waals surface area contributed by atoms with Gasteiger partial charge in [-0.2, -0.15) is 0 Å². The lowest BCUT2D eigenvalue weighted by Gasteiger charge is -2.29. The molecule has 0 N–H and O–H groups in total. The number of nitrogens with zero attached hydrogens (tertiary/aromatic N) is 2. The first-order valence-corrected chi connectivity index (χ1v) is 14.7. The van der Waals surface area contributed by atoms with Crippen LogP contribution < -0.4 is 19.6 Å². The van der Waals surface area contributed by atoms with Gasteiger partial charge in [0.15, 0.2) is 16.9 Å². The van der Waals surface area contributed by atoms with Gasteiger partial charge in [0.2, 0.25) is 12.7 Å². The van der Waals surface area contributed by atoms with Gasteiger partial charge in [-0.15, -0.1) is 0 Å². The Labute approximate surface area is 258 Å². The minimum absolute atomic E-state index is 0.0608. The van der Waals surface area contributed by atoms with Crippen LogP contribution in [0, 0.1) is 0 Å². The minimum atomic E-state index is -0.366. The quantitative estimate of drug-likeness (QED) is 0.243. The molecule has 1 unspecified atom stereocenters. The molecular weight excluding hydrogens is 588 g/mol. The molecular formula is C33H31ClN2O8. The molecule has 1 aromatic heterocycles. The van der Waals surface area contributed by atoms with Crippen molar-refractivity contribution in [2.75, 3.05) is 33.6 Å². The Hall–Kier alpha value is -4.54. The molecule has 1 saturated heterocycles. The molecule has 10 nitrogen and oxygen atoms in total.